The predicted octanol–water partition coefficient (Wildman–Crippen LogP) is 3.09. The summed E-state index contributed by atoms with van der Waals surface area (Å²) in [6, 6.07) is 16.2. The summed E-state index contributed by atoms with van der Waals surface area (Å²) in [5, 5.41) is 0. The second-order valence-corrected chi connectivity index (χ2v) is 3.34. The molecule has 0 aliphatic carbocycles. The Labute approximate surface area is 94.5 Å². The average molecular weight is 211 g/mol. The molecule has 79 valence electrons. The van der Waals surface area contributed by atoms with E-state index in [9.17, 15) is 4.79 Å². The zero-order valence-corrected chi connectivity index (χ0v) is 8.72. The van der Waals surface area contributed by atoms with E-state index in [2.05, 4.69) is 7.11 Å². The molecule has 0 aliphatic rings. The molecule has 16 heavy (non-hydrogen) atoms. The highest BCUT2D eigenvalue weighted by molar-refractivity contribution is 6.10. The first kappa shape index (κ1) is 10.4. The third-order valence-electron chi connectivity index (χ3n) is 2.32. The van der Waals surface area contributed by atoms with Gasteiger partial charge < -0.3 is 4.74 Å². The van der Waals surface area contributed by atoms with Gasteiger partial charge in [-0.2, -0.15) is 0 Å². The number of hydrogen-bond acceptors (Lipinski definition) is 2. The summed E-state index contributed by atoms with van der Waals surface area (Å²) in [5.74, 6) is 0.441. The van der Waals surface area contributed by atoms with E-state index in [0.29, 0.717) is 16.9 Å². The Morgan fingerprint density at radius 1 is 0.938 bits per heavy atom. The fourth-order valence-electron chi connectivity index (χ4n) is 1.53. The minimum absolute atomic E-state index is 0.0557. The first-order valence-electron chi connectivity index (χ1n) is 4.93. The van der Waals surface area contributed by atoms with Crippen molar-refractivity contribution in [2.75, 3.05) is 0 Å². The van der Waals surface area contributed by atoms with Crippen LogP contribution in [-0.4, -0.2) is 5.78 Å². The second-order valence-electron chi connectivity index (χ2n) is 3.34. The van der Waals surface area contributed by atoms with E-state index < -0.39 is 0 Å². The normalized spacial score (nSPS) is 9.81. The van der Waals surface area contributed by atoms with Crippen molar-refractivity contribution in [2.45, 2.75) is 0 Å². The maximum Gasteiger partial charge on any atom is 0.196 e. The molecule has 0 saturated carbocycles. The van der Waals surface area contributed by atoms with Crippen LogP contribution >= 0.6 is 0 Å². The lowest BCUT2D eigenvalue weighted by atomic mass is 10.0. The fraction of sp³-hybridized carbons (Fsp3) is 0. The highest BCUT2D eigenvalue weighted by Gasteiger charge is 2.12. The highest BCUT2D eigenvalue weighted by Crippen LogP contribution is 2.20. The van der Waals surface area contributed by atoms with Crippen LogP contribution in [0.4, 0.5) is 0 Å². The molecule has 0 spiro atoms. The third kappa shape index (κ3) is 1.96. The van der Waals surface area contributed by atoms with Crippen molar-refractivity contribution in [2.24, 2.45) is 0 Å². The lowest BCUT2D eigenvalue weighted by Crippen LogP contribution is -2.02. The Kier molecular flexibility index (Phi) is 3.01. The Bertz CT molecular complexity index is 489. The molecule has 0 N–H and O–H groups in total. The zero-order chi connectivity index (χ0) is 11.4. The van der Waals surface area contributed by atoms with E-state index in [1.807, 2.05) is 24.3 Å². The first-order chi connectivity index (χ1) is 7.83. The van der Waals surface area contributed by atoms with Crippen LogP contribution in [-0.2, 0) is 0 Å². The summed E-state index contributed by atoms with van der Waals surface area (Å²) in [6.07, 6.45) is 0. The maximum absolute atomic E-state index is 12.1. The number of hydrogen-bond donors (Lipinski definition) is 0. The van der Waals surface area contributed by atoms with Crippen LogP contribution in [0.25, 0.3) is 0 Å². The molecule has 1 radical (unpaired) electrons. The van der Waals surface area contributed by atoms with Gasteiger partial charge in [0.2, 0.25) is 0 Å². The number of ether oxygens (including phenoxy) is 1. The molecule has 2 aromatic rings. The van der Waals surface area contributed by atoms with Crippen molar-refractivity contribution in [1.82, 2.24) is 0 Å². The smallest absolute Gasteiger partial charge is 0.196 e. The lowest BCUT2D eigenvalue weighted by Gasteiger charge is -2.06. The number of ketones is 1. The minimum Gasteiger partial charge on any atom is -0.489 e. The van der Waals surface area contributed by atoms with Gasteiger partial charge in [-0.15, -0.1) is 0 Å². The summed E-state index contributed by atoms with van der Waals surface area (Å²) in [4.78, 5) is 12.1. The molecule has 0 fully saturated rings. The molecule has 2 rings (SSSR count). The van der Waals surface area contributed by atoms with E-state index in [0.717, 1.165) is 0 Å². The summed E-state index contributed by atoms with van der Waals surface area (Å²) in [5.41, 5.74) is 1.18. The molecule has 2 aromatic carbocycles. The molecule has 0 aliphatic heterocycles. The molecule has 0 saturated heterocycles. The molecule has 0 unspecified atom stereocenters. The number of para-hydroxylation sites is 1. The van der Waals surface area contributed by atoms with Crippen LogP contribution in [0.2, 0.25) is 0 Å². The van der Waals surface area contributed by atoms with Crippen molar-refractivity contribution in [1.29, 1.82) is 0 Å². The predicted molar refractivity (Wildman–Crippen MR) is 62.3 cm³/mol. The molecular formula is C14H11O2. The molecule has 0 aromatic heterocycles. The maximum atomic E-state index is 12.1. The van der Waals surface area contributed by atoms with E-state index in [1.54, 1.807) is 30.3 Å². The third-order valence-corrected chi connectivity index (χ3v) is 2.32. The fourth-order valence-corrected chi connectivity index (χ4v) is 1.53. The molecule has 0 amide bonds. The molecular weight excluding hydrogens is 200 g/mol. The largest absolute Gasteiger partial charge is 0.489 e. The number of carbonyl (C=O) groups excluding carboxylic acids is 1. The Morgan fingerprint density at radius 3 is 2.25 bits per heavy atom. The van der Waals surface area contributed by atoms with Crippen LogP contribution < -0.4 is 4.74 Å². The van der Waals surface area contributed by atoms with Crippen LogP contribution in [0.15, 0.2) is 54.6 Å². The lowest BCUT2D eigenvalue weighted by molar-refractivity contribution is 0.103. The number of rotatable bonds is 3. The van der Waals surface area contributed by atoms with Gasteiger partial charge in [0.05, 0.1) is 5.56 Å². The zero-order valence-electron chi connectivity index (χ0n) is 8.72. The highest BCUT2D eigenvalue weighted by atomic mass is 16.5. The van der Waals surface area contributed by atoms with Gasteiger partial charge in [0.15, 0.2) is 5.78 Å². The standard InChI is InChI=1S/C14H11O2/c1-16-13-10-6-5-9-12(13)14(15)11-7-3-2-4-8-11/h2-10H,1H2. The Hall–Kier alpha value is -2.09. The second kappa shape index (κ2) is 4.62. The first-order valence-corrected chi connectivity index (χ1v) is 4.93. The van der Waals surface area contributed by atoms with Gasteiger partial charge in [-0.3, -0.25) is 4.79 Å². The van der Waals surface area contributed by atoms with E-state index >= 15 is 0 Å². The topological polar surface area (TPSA) is 26.3 Å². The molecule has 0 bridgehead atoms. The average Bonchev–Trinajstić information content (AvgIpc) is 2.39. The summed E-state index contributed by atoms with van der Waals surface area (Å²) in [6.45, 7) is 0. The van der Waals surface area contributed by atoms with Crippen LogP contribution in [0.1, 0.15) is 15.9 Å². The molecule has 0 atom stereocenters. The van der Waals surface area contributed by atoms with Gasteiger partial charge in [-0.25, -0.2) is 0 Å². The SMILES string of the molecule is [CH2]Oc1ccccc1C(=O)c1ccccc1. The minimum atomic E-state index is -0.0557. The van der Waals surface area contributed by atoms with Crippen LogP contribution in [0, 0.1) is 7.11 Å². The van der Waals surface area contributed by atoms with Gasteiger partial charge in [0.1, 0.15) is 12.9 Å². The Balaban J connectivity index is 2.42. The van der Waals surface area contributed by atoms with Gasteiger partial charge >= 0.3 is 0 Å². The van der Waals surface area contributed by atoms with Crippen molar-refractivity contribution in [3.63, 3.8) is 0 Å². The van der Waals surface area contributed by atoms with Crippen LogP contribution in [0.5, 0.6) is 5.75 Å². The van der Waals surface area contributed by atoms with E-state index in [-0.39, 0.29) is 5.78 Å². The number of carbonyl (C=O) groups is 1. The number of benzene rings is 2. The monoisotopic (exact) mass is 211 g/mol. The molecule has 0 heterocycles. The van der Waals surface area contributed by atoms with Gasteiger partial charge in [0, 0.05) is 5.56 Å². The van der Waals surface area contributed by atoms with Crippen molar-refractivity contribution >= 4 is 5.78 Å². The van der Waals surface area contributed by atoms with Crippen molar-refractivity contribution in [3.05, 3.63) is 72.8 Å². The van der Waals surface area contributed by atoms with Gasteiger partial charge in [0.25, 0.3) is 0 Å². The van der Waals surface area contributed by atoms with Crippen molar-refractivity contribution < 1.29 is 9.53 Å². The Morgan fingerprint density at radius 2 is 1.56 bits per heavy atom. The van der Waals surface area contributed by atoms with Crippen molar-refractivity contribution in [3.8, 4) is 5.75 Å². The van der Waals surface area contributed by atoms with Crippen LogP contribution in [0.3, 0.4) is 0 Å². The van der Waals surface area contributed by atoms with Gasteiger partial charge in [-0.1, -0.05) is 42.5 Å². The summed E-state index contributed by atoms with van der Waals surface area (Å²) < 4.78 is 4.92. The summed E-state index contributed by atoms with van der Waals surface area (Å²) in [7, 11) is 3.34. The molecule has 2 nitrogen and oxygen atoms in total. The van der Waals surface area contributed by atoms with E-state index in [1.165, 1.54) is 0 Å². The van der Waals surface area contributed by atoms with E-state index in [4.69, 9.17) is 4.74 Å². The van der Waals surface area contributed by atoms with Gasteiger partial charge in [-0.05, 0) is 12.1 Å². The quantitative estimate of drug-likeness (QED) is 0.729. The molecule has 2 heteroatoms. The summed E-state index contributed by atoms with van der Waals surface area (Å²) >= 11 is 0.